The predicted molar refractivity (Wildman–Crippen MR) is 77.3 cm³/mol. The Morgan fingerprint density at radius 3 is 2.30 bits per heavy atom. The molecule has 1 N–H and O–H groups in total. The van der Waals surface area contributed by atoms with E-state index in [-0.39, 0.29) is 16.1 Å². The van der Waals surface area contributed by atoms with Crippen LogP contribution in [0.1, 0.15) is 22.3 Å². The first-order valence-electron chi connectivity index (χ1n) is 7.38. The average Bonchev–Trinajstić information content (AvgIpc) is 2.93. The van der Waals surface area contributed by atoms with Crippen molar-refractivity contribution in [1.29, 1.82) is 0 Å². The lowest BCUT2D eigenvalue weighted by Gasteiger charge is -2.30. The fourth-order valence-corrected chi connectivity index (χ4v) is 2.25. The monoisotopic (exact) mass is 402 g/mol. The SMILES string of the molecule is O=C(c1ccc(COCC(F)(F)F)cc1)N1N=C(C(F)F)C[C@@]1(O)C(F)F. The van der Waals surface area contributed by atoms with Crippen LogP contribution in [0.25, 0.3) is 0 Å². The van der Waals surface area contributed by atoms with Gasteiger partial charge in [0.2, 0.25) is 5.72 Å². The number of carbonyl (C=O) groups is 1. The lowest BCUT2D eigenvalue weighted by atomic mass is 10.1. The number of carbonyl (C=O) groups excluding carboxylic acids is 1. The Morgan fingerprint density at radius 2 is 1.81 bits per heavy atom. The molecule has 0 radical (unpaired) electrons. The van der Waals surface area contributed by atoms with Gasteiger partial charge in [-0.1, -0.05) is 12.1 Å². The van der Waals surface area contributed by atoms with Gasteiger partial charge in [-0.15, -0.1) is 0 Å². The average molecular weight is 402 g/mol. The van der Waals surface area contributed by atoms with Crippen LogP contribution in [0, 0.1) is 0 Å². The lowest BCUT2D eigenvalue weighted by molar-refractivity contribution is -0.176. The topological polar surface area (TPSA) is 62.1 Å². The van der Waals surface area contributed by atoms with Gasteiger partial charge in [0.25, 0.3) is 18.8 Å². The van der Waals surface area contributed by atoms with E-state index in [1.165, 1.54) is 12.1 Å². The minimum Gasteiger partial charge on any atom is -0.367 e. The van der Waals surface area contributed by atoms with Crippen molar-refractivity contribution in [3.05, 3.63) is 35.4 Å². The zero-order valence-corrected chi connectivity index (χ0v) is 13.4. The van der Waals surface area contributed by atoms with E-state index < -0.39 is 56.0 Å². The minimum atomic E-state index is -4.51. The number of amides is 1. The molecule has 0 aromatic heterocycles. The molecule has 5 nitrogen and oxygen atoms in total. The first-order chi connectivity index (χ1) is 12.4. The van der Waals surface area contributed by atoms with Crippen LogP contribution in [0.4, 0.5) is 30.7 Å². The van der Waals surface area contributed by atoms with Gasteiger partial charge >= 0.3 is 6.18 Å². The highest BCUT2D eigenvalue weighted by molar-refractivity contribution is 5.99. The van der Waals surface area contributed by atoms with Gasteiger partial charge in [0, 0.05) is 12.0 Å². The summed E-state index contributed by atoms with van der Waals surface area (Å²) in [5.74, 6) is -1.27. The summed E-state index contributed by atoms with van der Waals surface area (Å²) in [5.41, 5.74) is -4.31. The molecular formula is C15H13F7N2O3. The number of halogens is 7. The number of aliphatic hydroxyl groups is 1. The molecule has 1 aromatic rings. The fraction of sp³-hybridized carbons (Fsp3) is 0.467. The number of hydrogen-bond donors (Lipinski definition) is 1. The van der Waals surface area contributed by atoms with Gasteiger partial charge in [-0.05, 0) is 17.7 Å². The minimum absolute atomic E-state index is 0.103. The Hall–Kier alpha value is -2.21. The summed E-state index contributed by atoms with van der Waals surface area (Å²) in [6, 6.07) is 4.52. The second-order valence-corrected chi connectivity index (χ2v) is 5.67. The smallest absolute Gasteiger partial charge is 0.367 e. The predicted octanol–water partition coefficient (Wildman–Crippen LogP) is 3.19. The molecule has 150 valence electrons. The van der Waals surface area contributed by atoms with Crippen molar-refractivity contribution in [3.8, 4) is 0 Å². The summed E-state index contributed by atoms with van der Waals surface area (Å²) < 4.78 is 92.1. The molecule has 0 spiro atoms. The Morgan fingerprint density at radius 1 is 1.22 bits per heavy atom. The van der Waals surface area contributed by atoms with Crippen LogP contribution in [0.3, 0.4) is 0 Å². The summed E-state index contributed by atoms with van der Waals surface area (Å²) in [4.78, 5) is 12.3. The van der Waals surface area contributed by atoms with Crippen molar-refractivity contribution in [2.45, 2.75) is 37.8 Å². The molecule has 0 bridgehead atoms. The highest BCUT2D eigenvalue weighted by atomic mass is 19.4. The van der Waals surface area contributed by atoms with Crippen LogP contribution in [-0.2, 0) is 11.3 Å². The molecule has 0 unspecified atom stereocenters. The zero-order chi connectivity index (χ0) is 20.4. The number of nitrogens with zero attached hydrogens (tertiary/aromatic N) is 2. The van der Waals surface area contributed by atoms with E-state index in [1.54, 1.807) is 0 Å². The second kappa shape index (κ2) is 7.80. The highest BCUT2D eigenvalue weighted by Crippen LogP contribution is 2.34. The third-order valence-electron chi connectivity index (χ3n) is 3.57. The fourth-order valence-electron chi connectivity index (χ4n) is 2.25. The van der Waals surface area contributed by atoms with Crippen LogP contribution in [0.5, 0.6) is 0 Å². The van der Waals surface area contributed by atoms with Crippen LogP contribution >= 0.6 is 0 Å². The van der Waals surface area contributed by atoms with Crippen LogP contribution in [0.2, 0.25) is 0 Å². The number of hydrazone groups is 1. The lowest BCUT2D eigenvalue weighted by Crippen LogP contribution is -2.51. The van der Waals surface area contributed by atoms with E-state index in [1.807, 2.05) is 0 Å². The van der Waals surface area contributed by atoms with Crippen molar-refractivity contribution >= 4 is 11.6 Å². The van der Waals surface area contributed by atoms with Gasteiger partial charge in [-0.2, -0.15) is 23.3 Å². The summed E-state index contributed by atoms with van der Waals surface area (Å²) in [6.45, 7) is -1.90. The Balaban J connectivity index is 2.14. The van der Waals surface area contributed by atoms with Crippen molar-refractivity contribution in [3.63, 3.8) is 0 Å². The summed E-state index contributed by atoms with van der Waals surface area (Å²) >= 11 is 0. The molecule has 1 aliphatic heterocycles. The van der Waals surface area contributed by atoms with Gasteiger partial charge in [0.05, 0.1) is 6.61 Å². The summed E-state index contributed by atoms with van der Waals surface area (Å²) in [6.07, 6.45) is -12.5. The van der Waals surface area contributed by atoms with E-state index in [0.717, 1.165) is 12.1 Å². The van der Waals surface area contributed by atoms with E-state index >= 15 is 0 Å². The summed E-state index contributed by atoms with van der Waals surface area (Å²) in [5, 5.41) is 12.9. The molecule has 0 fully saturated rings. The van der Waals surface area contributed by atoms with Gasteiger partial charge in [0.15, 0.2) is 0 Å². The molecule has 0 saturated carbocycles. The molecule has 12 heteroatoms. The van der Waals surface area contributed by atoms with E-state index in [0.29, 0.717) is 0 Å². The molecule has 0 saturated heterocycles. The molecule has 1 atom stereocenters. The van der Waals surface area contributed by atoms with Crippen LogP contribution in [0.15, 0.2) is 29.4 Å². The maximum absolute atomic E-state index is 13.1. The van der Waals surface area contributed by atoms with Crippen molar-refractivity contribution in [1.82, 2.24) is 5.01 Å². The van der Waals surface area contributed by atoms with Gasteiger partial charge in [0.1, 0.15) is 12.3 Å². The van der Waals surface area contributed by atoms with Crippen molar-refractivity contribution < 1.29 is 45.4 Å². The molecule has 2 rings (SSSR count). The first kappa shape index (κ1) is 21.1. The number of rotatable bonds is 6. The molecule has 1 amide bonds. The Kier molecular flexibility index (Phi) is 6.10. The van der Waals surface area contributed by atoms with Crippen LogP contribution < -0.4 is 0 Å². The third-order valence-corrected chi connectivity index (χ3v) is 3.57. The molecule has 1 heterocycles. The molecular weight excluding hydrogens is 389 g/mol. The second-order valence-electron chi connectivity index (χ2n) is 5.67. The van der Waals surface area contributed by atoms with E-state index in [9.17, 15) is 40.6 Å². The van der Waals surface area contributed by atoms with Gasteiger partial charge < -0.3 is 9.84 Å². The van der Waals surface area contributed by atoms with Crippen LogP contribution in [-0.4, -0.2) is 53.1 Å². The van der Waals surface area contributed by atoms with Crippen molar-refractivity contribution in [2.24, 2.45) is 5.10 Å². The normalized spacial score (nSPS) is 20.5. The standard InChI is InChI=1S/C15H13F7N2O3/c16-11(17)10-5-14(26,13(18)19)24(23-10)12(25)9-3-1-8(2-4-9)6-27-7-15(20,21)22/h1-4,11,13,26H,5-7H2/t14-/m1/s1. The maximum atomic E-state index is 13.1. The third kappa shape index (κ3) is 4.95. The van der Waals surface area contributed by atoms with Gasteiger partial charge in [-0.25, -0.2) is 17.6 Å². The summed E-state index contributed by atoms with van der Waals surface area (Å²) in [7, 11) is 0. The number of ether oxygens (including phenoxy) is 1. The Bertz CT molecular complexity index is 706. The quantitative estimate of drug-likeness (QED) is 0.744. The Labute approximate surface area is 148 Å². The first-order valence-corrected chi connectivity index (χ1v) is 7.38. The van der Waals surface area contributed by atoms with Crippen molar-refractivity contribution in [2.75, 3.05) is 6.61 Å². The number of benzene rings is 1. The van der Waals surface area contributed by atoms with E-state index in [2.05, 4.69) is 9.84 Å². The van der Waals surface area contributed by atoms with Gasteiger partial charge in [-0.3, -0.25) is 4.79 Å². The molecule has 0 aliphatic carbocycles. The van der Waals surface area contributed by atoms with E-state index in [4.69, 9.17) is 0 Å². The largest absolute Gasteiger partial charge is 0.411 e. The maximum Gasteiger partial charge on any atom is 0.411 e. The molecule has 1 aliphatic rings. The highest BCUT2D eigenvalue weighted by Gasteiger charge is 2.53. The number of alkyl halides is 7. The molecule has 1 aromatic carbocycles. The molecule has 27 heavy (non-hydrogen) atoms. The number of hydrogen-bond acceptors (Lipinski definition) is 4. The zero-order valence-electron chi connectivity index (χ0n) is 13.4.